The predicted octanol–water partition coefficient (Wildman–Crippen LogP) is 3.54. The highest BCUT2D eigenvalue weighted by molar-refractivity contribution is 7.89. The fourth-order valence-corrected chi connectivity index (χ4v) is 3.18. The molecule has 0 heterocycles. The van der Waals surface area contributed by atoms with Gasteiger partial charge in [-0.2, -0.15) is 0 Å². The lowest BCUT2D eigenvalue weighted by Gasteiger charge is -2.10. The van der Waals surface area contributed by atoms with Gasteiger partial charge in [0.05, 0.1) is 4.90 Å². The van der Waals surface area contributed by atoms with E-state index in [4.69, 9.17) is 0 Å². The molecule has 0 aliphatic heterocycles. The first-order chi connectivity index (χ1) is 10.5. The van der Waals surface area contributed by atoms with E-state index in [-0.39, 0.29) is 0 Å². The zero-order valence-corrected chi connectivity index (χ0v) is 13.7. The molecule has 0 fully saturated rings. The van der Waals surface area contributed by atoms with Crippen molar-refractivity contribution in [2.75, 3.05) is 6.54 Å². The molecule has 0 aliphatic rings. The van der Waals surface area contributed by atoms with Crippen LogP contribution < -0.4 is 4.72 Å². The molecule has 0 spiro atoms. The van der Waals surface area contributed by atoms with E-state index in [9.17, 15) is 8.42 Å². The minimum absolute atomic E-state index is 0.295. The number of allylic oxidation sites excluding steroid dienone is 1. The van der Waals surface area contributed by atoms with E-state index in [0.29, 0.717) is 11.4 Å². The molecule has 0 atom stereocenters. The monoisotopic (exact) mass is 315 g/mol. The topological polar surface area (TPSA) is 46.2 Å². The number of hydrogen-bond acceptors (Lipinski definition) is 2. The Bertz CT molecular complexity index is 735. The van der Waals surface area contributed by atoms with Gasteiger partial charge >= 0.3 is 0 Å². The number of benzene rings is 2. The van der Waals surface area contributed by atoms with Crippen molar-refractivity contribution >= 4 is 10.0 Å². The molecule has 0 saturated carbocycles. The van der Waals surface area contributed by atoms with Crippen molar-refractivity contribution in [3.8, 4) is 0 Å². The van der Waals surface area contributed by atoms with E-state index < -0.39 is 10.0 Å². The van der Waals surface area contributed by atoms with Crippen LogP contribution in [0.2, 0.25) is 0 Å². The Morgan fingerprint density at radius 3 is 2.00 bits per heavy atom. The number of sulfonamides is 1. The molecule has 0 amide bonds. The maximum atomic E-state index is 12.2. The molecule has 2 rings (SSSR count). The van der Waals surface area contributed by atoms with E-state index >= 15 is 0 Å². The van der Waals surface area contributed by atoms with Gasteiger partial charge in [-0.25, -0.2) is 13.1 Å². The lowest BCUT2D eigenvalue weighted by Crippen LogP contribution is -2.25. The summed E-state index contributed by atoms with van der Waals surface area (Å²) in [7, 11) is -3.45. The number of nitrogens with one attached hydrogen (secondary N) is 1. The third kappa shape index (κ3) is 4.55. The summed E-state index contributed by atoms with van der Waals surface area (Å²) in [4.78, 5) is 0.295. The van der Waals surface area contributed by atoms with Crippen molar-refractivity contribution in [2.24, 2.45) is 0 Å². The Morgan fingerprint density at radius 1 is 0.864 bits per heavy atom. The molecule has 0 radical (unpaired) electrons. The highest BCUT2D eigenvalue weighted by Gasteiger charge is 2.13. The average molecular weight is 315 g/mol. The van der Waals surface area contributed by atoms with Gasteiger partial charge in [0.15, 0.2) is 0 Å². The van der Waals surface area contributed by atoms with Crippen molar-refractivity contribution in [1.82, 2.24) is 4.72 Å². The van der Waals surface area contributed by atoms with E-state index in [1.807, 2.05) is 32.0 Å². The van der Waals surface area contributed by atoms with E-state index in [2.05, 4.69) is 16.9 Å². The standard InChI is InChI=1S/C18H21NO2S/c1-15(13-17-9-5-3-6-10-17)16(2)14-19-22(20,21)18-11-7-4-8-12-18/h3-12,19H,13-14H2,1-2H3/b16-15-. The van der Waals surface area contributed by atoms with Gasteiger partial charge in [-0.05, 0) is 38.0 Å². The Kier molecular flexibility index (Phi) is 5.52. The van der Waals surface area contributed by atoms with E-state index in [1.165, 1.54) is 11.1 Å². The second kappa shape index (κ2) is 7.38. The molecule has 0 aliphatic carbocycles. The second-order valence-electron chi connectivity index (χ2n) is 5.36. The molecule has 1 N–H and O–H groups in total. The lowest BCUT2D eigenvalue weighted by atomic mass is 10.0. The van der Waals surface area contributed by atoms with Gasteiger partial charge in [0, 0.05) is 6.54 Å². The Balaban J connectivity index is 2.02. The van der Waals surface area contributed by atoms with E-state index in [0.717, 1.165) is 12.0 Å². The molecular formula is C18H21NO2S. The Hall–Kier alpha value is -1.91. The molecule has 0 saturated heterocycles. The van der Waals surface area contributed by atoms with Gasteiger partial charge in [-0.3, -0.25) is 0 Å². The van der Waals surface area contributed by atoms with Crippen molar-refractivity contribution in [3.05, 3.63) is 77.4 Å². The van der Waals surface area contributed by atoms with Crippen LogP contribution >= 0.6 is 0 Å². The highest BCUT2D eigenvalue weighted by Crippen LogP contribution is 2.12. The quantitative estimate of drug-likeness (QED) is 0.829. The van der Waals surface area contributed by atoms with Gasteiger partial charge in [-0.15, -0.1) is 0 Å². The smallest absolute Gasteiger partial charge is 0.207 e. The largest absolute Gasteiger partial charge is 0.240 e. The summed E-state index contributed by atoms with van der Waals surface area (Å²) in [5.74, 6) is 0. The molecule has 116 valence electrons. The number of rotatable bonds is 6. The highest BCUT2D eigenvalue weighted by atomic mass is 32.2. The average Bonchev–Trinajstić information content (AvgIpc) is 2.54. The van der Waals surface area contributed by atoms with Gasteiger partial charge in [0.1, 0.15) is 0 Å². The van der Waals surface area contributed by atoms with Crippen molar-refractivity contribution in [1.29, 1.82) is 0 Å². The predicted molar refractivity (Wildman–Crippen MR) is 90.2 cm³/mol. The van der Waals surface area contributed by atoms with Crippen LogP contribution in [0, 0.1) is 0 Å². The number of hydrogen-bond donors (Lipinski definition) is 1. The molecule has 3 nitrogen and oxygen atoms in total. The minimum Gasteiger partial charge on any atom is -0.207 e. The maximum absolute atomic E-state index is 12.2. The Morgan fingerprint density at radius 2 is 1.41 bits per heavy atom. The summed E-state index contributed by atoms with van der Waals surface area (Å²) < 4.78 is 27.0. The van der Waals surface area contributed by atoms with Gasteiger partial charge < -0.3 is 0 Å². The van der Waals surface area contributed by atoms with Crippen molar-refractivity contribution in [3.63, 3.8) is 0 Å². The van der Waals surface area contributed by atoms with Crippen LogP contribution in [0.4, 0.5) is 0 Å². The van der Waals surface area contributed by atoms with Crippen LogP contribution in [0.25, 0.3) is 0 Å². The first kappa shape index (κ1) is 16.5. The van der Waals surface area contributed by atoms with Crippen LogP contribution in [-0.2, 0) is 16.4 Å². The molecular weight excluding hydrogens is 294 g/mol. The minimum atomic E-state index is -3.45. The van der Waals surface area contributed by atoms with E-state index in [1.54, 1.807) is 30.3 Å². The summed E-state index contributed by atoms with van der Waals surface area (Å²) in [6, 6.07) is 18.6. The maximum Gasteiger partial charge on any atom is 0.240 e. The van der Waals surface area contributed by atoms with Crippen molar-refractivity contribution in [2.45, 2.75) is 25.2 Å². The first-order valence-corrected chi connectivity index (χ1v) is 8.71. The van der Waals surface area contributed by atoms with Crippen LogP contribution in [0.3, 0.4) is 0 Å². The first-order valence-electron chi connectivity index (χ1n) is 7.23. The van der Waals surface area contributed by atoms with Gasteiger partial charge in [0.2, 0.25) is 10.0 Å². The normalized spacial score (nSPS) is 12.8. The summed E-state index contributed by atoms with van der Waals surface area (Å²) in [6.45, 7) is 4.33. The summed E-state index contributed by atoms with van der Waals surface area (Å²) >= 11 is 0. The molecule has 2 aromatic rings. The van der Waals surface area contributed by atoms with Crippen molar-refractivity contribution < 1.29 is 8.42 Å². The fourth-order valence-electron chi connectivity index (χ4n) is 2.09. The zero-order valence-electron chi connectivity index (χ0n) is 12.9. The molecule has 2 aromatic carbocycles. The Labute approximate surface area is 132 Å². The summed E-state index contributed by atoms with van der Waals surface area (Å²) in [6.07, 6.45) is 0.833. The SMILES string of the molecule is C/C(CNS(=O)(=O)c1ccccc1)=C(\C)Cc1ccccc1. The van der Waals surface area contributed by atoms with Crippen LogP contribution in [0.15, 0.2) is 76.7 Å². The molecule has 4 heteroatoms. The fraction of sp³-hybridized carbons (Fsp3) is 0.222. The third-order valence-electron chi connectivity index (χ3n) is 3.62. The molecule has 0 bridgehead atoms. The second-order valence-corrected chi connectivity index (χ2v) is 7.13. The lowest BCUT2D eigenvalue weighted by molar-refractivity contribution is 0.584. The summed E-state index contributed by atoms with van der Waals surface area (Å²) in [5.41, 5.74) is 3.45. The van der Waals surface area contributed by atoms with Crippen LogP contribution in [-0.4, -0.2) is 15.0 Å². The van der Waals surface area contributed by atoms with Gasteiger partial charge in [0.25, 0.3) is 0 Å². The molecule has 0 unspecified atom stereocenters. The molecule has 0 aromatic heterocycles. The van der Waals surface area contributed by atoms with Gasteiger partial charge in [-0.1, -0.05) is 59.7 Å². The van der Waals surface area contributed by atoms with Crippen LogP contribution in [0.5, 0.6) is 0 Å². The van der Waals surface area contributed by atoms with Crippen LogP contribution in [0.1, 0.15) is 19.4 Å². The third-order valence-corrected chi connectivity index (χ3v) is 5.04. The zero-order chi connectivity index (χ0) is 16.0. The summed E-state index contributed by atoms with van der Waals surface area (Å²) in [5, 5.41) is 0. The molecule has 22 heavy (non-hydrogen) atoms.